The van der Waals surface area contributed by atoms with Crippen LogP contribution in [0.4, 0.5) is 0 Å². The van der Waals surface area contributed by atoms with E-state index in [-0.39, 0.29) is 6.10 Å². The average Bonchev–Trinajstić information content (AvgIpc) is 2.29. The second-order valence-electron chi connectivity index (χ2n) is 3.10. The number of rotatable bonds is 7. The molecule has 0 fully saturated rings. The molecule has 1 rings (SSSR count). The van der Waals surface area contributed by atoms with Crippen LogP contribution in [0.5, 0.6) is 0 Å². The standard InChI is InChI=1S/C13H17O2/c1-3-10-14-11-13(15-4-2)12-8-6-5-7-9-12/h3,5-9,13H,1-2,4,10-11H2. The highest BCUT2D eigenvalue weighted by atomic mass is 16.5. The van der Waals surface area contributed by atoms with Crippen molar-refractivity contribution in [2.45, 2.75) is 6.10 Å². The fourth-order valence-corrected chi connectivity index (χ4v) is 1.31. The normalized spacial score (nSPS) is 12.3. The minimum Gasteiger partial charge on any atom is -0.374 e. The van der Waals surface area contributed by atoms with E-state index in [1.165, 1.54) is 0 Å². The van der Waals surface area contributed by atoms with Crippen LogP contribution in [0.2, 0.25) is 0 Å². The molecule has 1 unspecified atom stereocenters. The quantitative estimate of drug-likeness (QED) is 0.503. The minimum absolute atomic E-state index is 0.0383. The summed E-state index contributed by atoms with van der Waals surface area (Å²) in [7, 11) is 0. The van der Waals surface area contributed by atoms with Crippen LogP contribution in [0, 0.1) is 6.92 Å². The van der Waals surface area contributed by atoms with Gasteiger partial charge >= 0.3 is 0 Å². The lowest BCUT2D eigenvalue weighted by Gasteiger charge is -2.16. The van der Waals surface area contributed by atoms with Gasteiger partial charge in [0.1, 0.15) is 6.10 Å². The van der Waals surface area contributed by atoms with Crippen molar-refractivity contribution in [3.8, 4) is 0 Å². The van der Waals surface area contributed by atoms with Crippen molar-refractivity contribution >= 4 is 0 Å². The smallest absolute Gasteiger partial charge is 0.106 e. The zero-order chi connectivity index (χ0) is 10.9. The van der Waals surface area contributed by atoms with Gasteiger partial charge in [-0.2, -0.15) is 0 Å². The number of ether oxygens (including phenoxy) is 2. The van der Waals surface area contributed by atoms with Gasteiger partial charge in [-0.05, 0) is 12.5 Å². The van der Waals surface area contributed by atoms with Crippen LogP contribution < -0.4 is 0 Å². The van der Waals surface area contributed by atoms with Crippen LogP contribution in [-0.4, -0.2) is 19.8 Å². The van der Waals surface area contributed by atoms with Crippen LogP contribution in [0.1, 0.15) is 11.7 Å². The van der Waals surface area contributed by atoms with E-state index in [0.717, 1.165) is 5.56 Å². The zero-order valence-corrected chi connectivity index (χ0v) is 8.89. The van der Waals surface area contributed by atoms with Crippen molar-refractivity contribution < 1.29 is 9.47 Å². The van der Waals surface area contributed by atoms with E-state index in [1.807, 2.05) is 30.3 Å². The lowest BCUT2D eigenvalue weighted by atomic mass is 10.1. The van der Waals surface area contributed by atoms with E-state index >= 15 is 0 Å². The molecule has 0 spiro atoms. The van der Waals surface area contributed by atoms with Crippen molar-refractivity contribution in [2.75, 3.05) is 19.8 Å². The summed E-state index contributed by atoms with van der Waals surface area (Å²) >= 11 is 0. The molecular weight excluding hydrogens is 188 g/mol. The van der Waals surface area contributed by atoms with Gasteiger partial charge in [-0.1, -0.05) is 36.4 Å². The first-order valence-electron chi connectivity index (χ1n) is 5.03. The van der Waals surface area contributed by atoms with E-state index in [9.17, 15) is 0 Å². The molecule has 2 heteroatoms. The summed E-state index contributed by atoms with van der Waals surface area (Å²) in [6, 6.07) is 10.0. The first-order valence-corrected chi connectivity index (χ1v) is 5.03. The summed E-state index contributed by atoms with van der Waals surface area (Å²) in [4.78, 5) is 0. The monoisotopic (exact) mass is 205 g/mol. The van der Waals surface area contributed by atoms with Crippen molar-refractivity contribution in [1.29, 1.82) is 0 Å². The second-order valence-corrected chi connectivity index (χ2v) is 3.10. The Morgan fingerprint density at radius 3 is 2.60 bits per heavy atom. The van der Waals surface area contributed by atoms with Crippen LogP contribution in [-0.2, 0) is 9.47 Å². The molecule has 0 saturated carbocycles. The summed E-state index contributed by atoms with van der Waals surface area (Å²) < 4.78 is 10.9. The molecular formula is C13H17O2. The largest absolute Gasteiger partial charge is 0.374 e. The Hall–Kier alpha value is -1.12. The first-order chi connectivity index (χ1) is 7.38. The van der Waals surface area contributed by atoms with Crippen LogP contribution in [0.3, 0.4) is 0 Å². The van der Waals surface area contributed by atoms with Crippen molar-refractivity contribution in [3.63, 3.8) is 0 Å². The van der Waals surface area contributed by atoms with Crippen molar-refractivity contribution in [2.24, 2.45) is 0 Å². The summed E-state index contributed by atoms with van der Waals surface area (Å²) in [6.07, 6.45) is 1.69. The lowest BCUT2D eigenvalue weighted by Crippen LogP contribution is -2.12. The van der Waals surface area contributed by atoms with Crippen LogP contribution >= 0.6 is 0 Å². The van der Waals surface area contributed by atoms with Gasteiger partial charge < -0.3 is 9.47 Å². The van der Waals surface area contributed by atoms with Crippen LogP contribution in [0.25, 0.3) is 0 Å². The molecule has 0 amide bonds. The molecule has 2 nitrogen and oxygen atoms in total. The molecule has 0 N–H and O–H groups in total. The maximum Gasteiger partial charge on any atom is 0.106 e. The molecule has 81 valence electrons. The maximum atomic E-state index is 5.50. The number of hydrogen-bond acceptors (Lipinski definition) is 2. The summed E-state index contributed by atoms with van der Waals surface area (Å²) in [5, 5.41) is 0. The molecule has 15 heavy (non-hydrogen) atoms. The van der Waals surface area contributed by atoms with Crippen molar-refractivity contribution in [3.05, 3.63) is 55.5 Å². The molecule has 0 aromatic heterocycles. The Labute approximate surface area is 91.5 Å². The van der Waals surface area contributed by atoms with Gasteiger partial charge in [-0.25, -0.2) is 0 Å². The van der Waals surface area contributed by atoms with E-state index in [2.05, 4.69) is 13.5 Å². The Bertz CT molecular complexity index is 269. The fraction of sp³-hybridized carbons (Fsp3) is 0.308. The molecule has 0 saturated heterocycles. The van der Waals surface area contributed by atoms with Crippen LogP contribution in [0.15, 0.2) is 43.0 Å². The zero-order valence-electron chi connectivity index (χ0n) is 8.89. The molecule has 0 heterocycles. The Morgan fingerprint density at radius 2 is 2.00 bits per heavy atom. The van der Waals surface area contributed by atoms with Gasteiger partial charge in [0.25, 0.3) is 0 Å². The summed E-state index contributed by atoms with van der Waals surface area (Å²) in [5.41, 5.74) is 1.12. The van der Waals surface area contributed by atoms with Gasteiger partial charge in [0.2, 0.25) is 0 Å². The molecule has 0 bridgehead atoms. The first kappa shape index (κ1) is 12.0. The Balaban J connectivity index is 2.53. The molecule has 1 aromatic rings. The molecule has 0 aliphatic carbocycles. The number of benzene rings is 1. The van der Waals surface area contributed by atoms with Gasteiger partial charge in [-0.15, -0.1) is 6.58 Å². The minimum atomic E-state index is -0.0383. The molecule has 1 aromatic carbocycles. The molecule has 1 radical (unpaired) electrons. The highest BCUT2D eigenvalue weighted by Gasteiger charge is 2.10. The summed E-state index contributed by atoms with van der Waals surface area (Å²) in [6.45, 7) is 8.80. The van der Waals surface area contributed by atoms with Gasteiger partial charge in [0.15, 0.2) is 0 Å². The maximum absolute atomic E-state index is 5.50. The van der Waals surface area contributed by atoms with Gasteiger partial charge in [-0.3, -0.25) is 0 Å². The van der Waals surface area contributed by atoms with E-state index in [1.54, 1.807) is 6.08 Å². The topological polar surface area (TPSA) is 18.5 Å². The third kappa shape index (κ3) is 4.28. The molecule has 0 aliphatic heterocycles. The molecule has 1 atom stereocenters. The fourth-order valence-electron chi connectivity index (χ4n) is 1.31. The SMILES string of the molecule is [CH2]COC(COCC=C)c1ccccc1. The predicted molar refractivity (Wildman–Crippen MR) is 61.5 cm³/mol. The third-order valence-corrected chi connectivity index (χ3v) is 2.00. The second kappa shape index (κ2) is 7.21. The highest BCUT2D eigenvalue weighted by Crippen LogP contribution is 2.17. The van der Waals surface area contributed by atoms with E-state index in [4.69, 9.17) is 9.47 Å². The van der Waals surface area contributed by atoms with Gasteiger partial charge in [0, 0.05) is 6.61 Å². The molecule has 0 aliphatic rings. The lowest BCUT2D eigenvalue weighted by molar-refractivity contribution is 0.00000987. The van der Waals surface area contributed by atoms with Crippen molar-refractivity contribution in [1.82, 2.24) is 0 Å². The average molecular weight is 205 g/mol. The van der Waals surface area contributed by atoms with E-state index < -0.39 is 0 Å². The number of hydrogen-bond donors (Lipinski definition) is 0. The van der Waals surface area contributed by atoms with Gasteiger partial charge in [0.05, 0.1) is 13.2 Å². The summed E-state index contributed by atoms with van der Waals surface area (Å²) in [5.74, 6) is 0. The predicted octanol–water partition coefficient (Wildman–Crippen LogP) is 2.78. The third-order valence-electron chi connectivity index (χ3n) is 2.00. The Morgan fingerprint density at radius 1 is 1.27 bits per heavy atom. The highest BCUT2D eigenvalue weighted by molar-refractivity contribution is 5.17. The van der Waals surface area contributed by atoms with E-state index in [0.29, 0.717) is 19.8 Å². The Kier molecular flexibility index (Phi) is 5.74.